The molecule has 0 fully saturated rings. The van der Waals surface area contributed by atoms with Crippen LogP contribution in [0, 0.1) is 11.8 Å². The summed E-state index contributed by atoms with van der Waals surface area (Å²) in [7, 11) is 1.43. The minimum atomic E-state index is -1.83. The molecule has 0 saturated carbocycles. The third kappa shape index (κ3) is 3.17. The highest BCUT2D eigenvalue weighted by molar-refractivity contribution is 5.72. The molecule has 0 rings (SSSR count). The van der Waals surface area contributed by atoms with E-state index in [-0.39, 0.29) is 12.5 Å². The molecule has 12 heavy (non-hydrogen) atoms. The maximum absolute atomic E-state index is 12.9. The third-order valence-electron chi connectivity index (χ3n) is 1.83. The first-order chi connectivity index (χ1) is 5.50. The first-order valence-electron chi connectivity index (χ1n) is 3.86. The van der Waals surface area contributed by atoms with Crippen molar-refractivity contribution in [1.82, 2.24) is 0 Å². The molecule has 0 aromatic carbocycles. The van der Waals surface area contributed by atoms with Gasteiger partial charge in [0, 0.05) is 13.0 Å². The van der Waals surface area contributed by atoms with Crippen LogP contribution in [0.2, 0.25) is 0 Å². The van der Waals surface area contributed by atoms with Crippen LogP contribution in [0.25, 0.3) is 0 Å². The number of methoxy groups -OCH3 is 1. The van der Waals surface area contributed by atoms with E-state index >= 15 is 0 Å². The summed E-state index contributed by atoms with van der Waals surface area (Å²) in [4.78, 5) is 10.3. The second-order valence-electron chi connectivity index (χ2n) is 3.10. The highest BCUT2D eigenvalue weighted by Gasteiger charge is 2.30. The van der Waals surface area contributed by atoms with Gasteiger partial charge in [0.2, 0.25) is 6.17 Å². The molecule has 1 N–H and O–H groups in total. The molecule has 2 unspecified atom stereocenters. The lowest BCUT2D eigenvalue weighted by molar-refractivity contribution is -0.146. The fraction of sp³-hybridized carbons (Fsp3) is 0.875. The number of ether oxygens (including phenoxy) is 1. The Morgan fingerprint density at radius 1 is 1.58 bits per heavy atom. The standard InChI is InChI=1S/C8H15FO3/c1-5(2)6(4-12-3)7(9)8(10)11/h5-7H,4H2,1-3H3,(H,10,11). The summed E-state index contributed by atoms with van der Waals surface area (Å²) in [6.07, 6.45) is -1.83. The number of carboxylic acids is 1. The lowest BCUT2D eigenvalue weighted by Gasteiger charge is -2.20. The lowest BCUT2D eigenvalue weighted by atomic mass is 9.92. The minimum absolute atomic E-state index is 0.0314. The Morgan fingerprint density at radius 3 is 2.33 bits per heavy atom. The average Bonchev–Trinajstić information content (AvgIpc) is 1.98. The van der Waals surface area contributed by atoms with E-state index in [9.17, 15) is 9.18 Å². The monoisotopic (exact) mass is 178 g/mol. The Labute approximate surface area is 71.5 Å². The van der Waals surface area contributed by atoms with Gasteiger partial charge in [0.05, 0.1) is 6.61 Å². The molecule has 0 aromatic rings. The molecule has 0 aliphatic heterocycles. The van der Waals surface area contributed by atoms with Crippen LogP contribution in [0.4, 0.5) is 4.39 Å². The van der Waals surface area contributed by atoms with Crippen LogP contribution in [0.1, 0.15) is 13.8 Å². The number of carbonyl (C=O) groups is 1. The third-order valence-corrected chi connectivity index (χ3v) is 1.83. The average molecular weight is 178 g/mol. The maximum Gasteiger partial charge on any atom is 0.338 e. The fourth-order valence-electron chi connectivity index (χ4n) is 0.990. The molecule has 0 bridgehead atoms. The van der Waals surface area contributed by atoms with Crippen LogP contribution < -0.4 is 0 Å². The number of hydrogen-bond acceptors (Lipinski definition) is 2. The van der Waals surface area contributed by atoms with Gasteiger partial charge in [0.15, 0.2) is 0 Å². The number of hydrogen-bond donors (Lipinski definition) is 1. The summed E-state index contributed by atoms with van der Waals surface area (Å²) in [5.41, 5.74) is 0. The summed E-state index contributed by atoms with van der Waals surface area (Å²) in [6.45, 7) is 3.70. The molecule has 0 radical (unpaired) electrons. The first-order valence-corrected chi connectivity index (χ1v) is 3.86. The summed E-state index contributed by atoms with van der Waals surface area (Å²) in [5, 5.41) is 8.40. The SMILES string of the molecule is COCC(C(C)C)C(F)C(=O)O. The molecule has 4 heteroatoms. The topological polar surface area (TPSA) is 46.5 Å². The Hall–Kier alpha value is -0.640. The largest absolute Gasteiger partial charge is 0.479 e. The smallest absolute Gasteiger partial charge is 0.338 e. The molecular weight excluding hydrogens is 163 g/mol. The van der Waals surface area contributed by atoms with Crippen LogP contribution in [-0.2, 0) is 9.53 Å². The van der Waals surface area contributed by atoms with Gasteiger partial charge in [-0.3, -0.25) is 0 Å². The van der Waals surface area contributed by atoms with Crippen LogP contribution >= 0.6 is 0 Å². The van der Waals surface area contributed by atoms with Crippen molar-refractivity contribution in [3.05, 3.63) is 0 Å². The van der Waals surface area contributed by atoms with Crippen molar-refractivity contribution < 1.29 is 19.0 Å². The molecule has 72 valence electrons. The van der Waals surface area contributed by atoms with Crippen LogP contribution in [0.5, 0.6) is 0 Å². The summed E-state index contributed by atoms with van der Waals surface area (Å²) in [6, 6.07) is 0. The number of rotatable bonds is 5. The van der Waals surface area contributed by atoms with Crippen molar-refractivity contribution in [1.29, 1.82) is 0 Å². The normalized spacial score (nSPS) is 16.1. The first kappa shape index (κ1) is 11.4. The second-order valence-corrected chi connectivity index (χ2v) is 3.10. The van der Waals surface area contributed by atoms with E-state index in [4.69, 9.17) is 9.84 Å². The molecule has 0 heterocycles. The van der Waals surface area contributed by atoms with E-state index in [0.29, 0.717) is 0 Å². The Kier molecular flexibility index (Phi) is 4.81. The molecule has 0 aliphatic rings. The quantitative estimate of drug-likeness (QED) is 0.690. The van der Waals surface area contributed by atoms with Gasteiger partial charge >= 0.3 is 5.97 Å². The number of carboxylic acid groups (broad SMARTS) is 1. The van der Waals surface area contributed by atoms with E-state index in [1.807, 2.05) is 0 Å². The van der Waals surface area contributed by atoms with E-state index in [1.54, 1.807) is 13.8 Å². The van der Waals surface area contributed by atoms with E-state index < -0.39 is 18.1 Å². The van der Waals surface area contributed by atoms with Crippen molar-refractivity contribution in [3.8, 4) is 0 Å². The summed E-state index contributed by atoms with van der Waals surface area (Å²) in [5.74, 6) is -2.01. The van der Waals surface area contributed by atoms with Crippen LogP contribution in [0.15, 0.2) is 0 Å². The van der Waals surface area contributed by atoms with Gasteiger partial charge in [-0.1, -0.05) is 13.8 Å². The zero-order valence-electron chi connectivity index (χ0n) is 7.58. The van der Waals surface area contributed by atoms with Gasteiger partial charge in [-0.05, 0) is 5.92 Å². The number of aliphatic carboxylic acids is 1. The molecule has 0 spiro atoms. The van der Waals surface area contributed by atoms with Crippen molar-refractivity contribution in [2.75, 3.05) is 13.7 Å². The molecule has 2 atom stereocenters. The zero-order chi connectivity index (χ0) is 9.72. The molecule has 3 nitrogen and oxygen atoms in total. The van der Waals surface area contributed by atoms with E-state index in [1.165, 1.54) is 7.11 Å². The van der Waals surface area contributed by atoms with Gasteiger partial charge in [0.1, 0.15) is 0 Å². The highest BCUT2D eigenvalue weighted by Crippen LogP contribution is 2.18. The molecule has 0 amide bonds. The maximum atomic E-state index is 12.9. The van der Waals surface area contributed by atoms with Gasteiger partial charge in [-0.15, -0.1) is 0 Å². The lowest BCUT2D eigenvalue weighted by Crippen LogP contribution is -2.32. The number of halogens is 1. The van der Waals surface area contributed by atoms with E-state index in [0.717, 1.165) is 0 Å². The molecule has 0 aliphatic carbocycles. The molecule has 0 saturated heterocycles. The Balaban J connectivity index is 4.18. The molecule has 0 aromatic heterocycles. The zero-order valence-corrected chi connectivity index (χ0v) is 7.58. The number of alkyl halides is 1. The van der Waals surface area contributed by atoms with Gasteiger partial charge < -0.3 is 9.84 Å². The minimum Gasteiger partial charge on any atom is -0.479 e. The van der Waals surface area contributed by atoms with Gasteiger partial charge in [-0.25, -0.2) is 9.18 Å². The predicted octanol–water partition coefficient (Wildman–Crippen LogP) is 1.33. The van der Waals surface area contributed by atoms with Crippen molar-refractivity contribution in [2.24, 2.45) is 11.8 Å². The molecular formula is C8H15FO3. The van der Waals surface area contributed by atoms with Crippen molar-refractivity contribution in [2.45, 2.75) is 20.0 Å². The summed E-state index contributed by atoms with van der Waals surface area (Å²) < 4.78 is 17.7. The predicted molar refractivity (Wildman–Crippen MR) is 42.7 cm³/mol. The van der Waals surface area contributed by atoms with Gasteiger partial charge in [-0.2, -0.15) is 0 Å². The van der Waals surface area contributed by atoms with Crippen molar-refractivity contribution in [3.63, 3.8) is 0 Å². The van der Waals surface area contributed by atoms with Crippen LogP contribution in [-0.4, -0.2) is 31.0 Å². The summed E-state index contributed by atoms with van der Waals surface area (Å²) >= 11 is 0. The Morgan fingerprint density at radius 2 is 2.08 bits per heavy atom. The highest BCUT2D eigenvalue weighted by atomic mass is 19.1. The van der Waals surface area contributed by atoms with Crippen LogP contribution in [0.3, 0.4) is 0 Å². The Bertz CT molecular complexity index is 147. The fourth-order valence-corrected chi connectivity index (χ4v) is 0.990. The second kappa shape index (κ2) is 5.09. The van der Waals surface area contributed by atoms with Gasteiger partial charge in [0.25, 0.3) is 0 Å². The van der Waals surface area contributed by atoms with Crippen molar-refractivity contribution >= 4 is 5.97 Å². The van der Waals surface area contributed by atoms with E-state index in [2.05, 4.69) is 0 Å².